The van der Waals surface area contributed by atoms with Crippen LogP contribution in [0.4, 0.5) is 0 Å². The molecule has 4 unspecified atom stereocenters. The molecule has 1 aliphatic carbocycles. The van der Waals surface area contributed by atoms with Crippen LogP contribution in [-0.2, 0) is 9.47 Å². The largest absolute Gasteiger partial charge is 0.394 e. The van der Waals surface area contributed by atoms with Crippen LogP contribution in [0.3, 0.4) is 0 Å². The molecule has 62 heavy (non-hydrogen) atoms. The molecule has 2 fully saturated rings. The van der Waals surface area contributed by atoms with E-state index in [2.05, 4.69) is 20.8 Å². The minimum Gasteiger partial charge on any atom is -0.394 e. The molecule has 1 heterocycles. The summed E-state index contributed by atoms with van der Waals surface area (Å²) in [4.78, 5) is 0. The number of aliphatic hydroxyl groups is 1. The first-order valence-corrected chi connectivity index (χ1v) is 29.5. The van der Waals surface area contributed by atoms with E-state index in [0.717, 1.165) is 12.3 Å². The van der Waals surface area contributed by atoms with E-state index in [1.54, 1.807) is 0 Å². The van der Waals surface area contributed by atoms with Crippen molar-refractivity contribution in [3.63, 3.8) is 0 Å². The lowest BCUT2D eigenvalue weighted by Gasteiger charge is -2.39. The van der Waals surface area contributed by atoms with Gasteiger partial charge in [-0.15, -0.1) is 0 Å². The molecule has 1 spiro atoms. The molecule has 1 aliphatic heterocycles. The highest BCUT2D eigenvalue weighted by molar-refractivity contribution is 4.88. The average molecular weight is 874 g/mol. The molecule has 2 rings (SSSR count). The monoisotopic (exact) mass is 873 g/mol. The number of aliphatic hydroxyl groups excluding tert-OH is 1. The Labute approximate surface area is 391 Å². The first-order chi connectivity index (χ1) is 30.6. The summed E-state index contributed by atoms with van der Waals surface area (Å²) >= 11 is 0. The van der Waals surface area contributed by atoms with Crippen LogP contribution in [0, 0.1) is 17.8 Å². The maximum Gasteiger partial charge on any atom is 0.172 e. The number of hydrogen-bond acceptors (Lipinski definition) is 3. The molecule has 0 aromatic heterocycles. The second kappa shape index (κ2) is 43.5. The zero-order valence-corrected chi connectivity index (χ0v) is 43.1. The molecule has 0 amide bonds. The zero-order chi connectivity index (χ0) is 44.3. The topological polar surface area (TPSA) is 38.7 Å². The third-order valence-corrected chi connectivity index (χ3v) is 15.6. The molecule has 1 saturated heterocycles. The quantitative estimate of drug-likeness (QED) is 0.300. The van der Waals surface area contributed by atoms with Gasteiger partial charge in [-0.25, -0.2) is 0 Å². The van der Waals surface area contributed by atoms with Crippen LogP contribution < -0.4 is 0 Å². The summed E-state index contributed by atoms with van der Waals surface area (Å²) in [6.45, 7) is 7.85. The fourth-order valence-electron chi connectivity index (χ4n) is 11.3. The van der Waals surface area contributed by atoms with E-state index in [1.165, 1.54) is 308 Å². The SMILES string of the molecule is CC1CCCCCCCCCCCCCCCCCCCCCCCCCCCCCCCCCCCCCCCCCCCCCCCC2(OCC(CO)O2)C(C(C)C)CC1. The van der Waals surface area contributed by atoms with Gasteiger partial charge in [0.15, 0.2) is 5.79 Å². The Morgan fingerprint density at radius 2 is 0.629 bits per heavy atom. The number of ether oxygens (including phenoxy) is 2. The van der Waals surface area contributed by atoms with Crippen molar-refractivity contribution in [1.29, 1.82) is 0 Å². The molecule has 2 aliphatic rings. The maximum atomic E-state index is 9.98. The van der Waals surface area contributed by atoms with Crippen molar-refractivity contribution in [2.45, 2.75) is 347 Å². The van der Waals surface area contributed by atoms with Gasteiger partial charge in [-0.2, -0.15) is 0 Å². The Kier molecular flexibility index (Phi) is 40.7. The highest BCUT2D eigenvalue weighted by atomic mass is 16.7. The molecule has 1 saturated carbocycles. The van der Waals surface area contributed by atoms with Crippen LogP contribution in [0.2, 0.25) is 0 Å². The first kappa shape index (κ1) is 58.0. The molecule has 3 nitrogen and oxygen atoms in total. The van der Waals surface area contributed by atoms with Crippen LogP contribution in [0.5, 0.6) is 0 Å². The Morgan fingerprint density at radius 1 is 0.371 bits per heavy atom. The molecule has 0 aromatic carbocycles. The van der Waals surface area contributed by atoms with Crippen molar-refractivity contribution >= 4 is 0 Å². The molecular formula is C59H116O3. The van der Waals surface area contributed by atoms with Crippen LogP contribution in [-0.4, -0.2) is 30.2 Å². The fourth-order valence-corrected chi connectivity index (χ4v) is 11.3. The first-order valence-electron chi connectivity index (χ1n) is 29.5. The van der Waals surface area contributed by atoms with E-state index < -0.39 is 5.79 Å². The molecule has 4 atom stereocenters. The lowest BCUT2D eigenvalue weighted by molar-refractivity contribution is -0.224. The van der Waals surface area contributed by atoms with Crippen LogP contribution in [0.15, 0.2) is 0 Å². The summed E-state index contributed by atoms with van der Waals surface area (Å²) in [5, 5.41) is 9.98. The predicted octanol–water partition coefficient (Wildman–Crippen LogP) is 20.1. The second-order valence-corrected chi connectivity index (χ2v) is 22.0. The van der Waals surface area contributed by atoms with E-state index in [9.17, 15) is 5.11 Å². The van der Waals surface area contributed by atoms with Crippen molar-refractivity contribution in [2.75, 3.05) is 13.2 Å². The van der Waals surface area contributed by atoms with Crippen molar-refractivity contribution < 1.29 is 14.6 Å². The van der Waals surface area contributed by atoms with Crippen molar-refractivity contribution in [1.82, 2.24) is 0 Å². The van der Waals surface area contributed by atoms with Gasteiger partial charge in [-0.05, 0) is 24.7 Å². The third-order valence-electron chi connectivity index (χ3n) is 15.6. The summed E-state index contributed by atoms with van der Waals surface area (Å²) in [5.41, 5.74) is 0. The maximum absolute atomic E-state index is 9.98. The Balaban J connectivity index is 1.63. The summed E-state index contributed by atoms with van der Waals surface area (Å²) in [7, 11) is 0. The van der Waals surface area contributed by atoms with E-state index in [4.69, 9.17) is 9.47 Å². The van der Waals surface area contributed by atoms with Gasteiger partial charge >= 0.3 is 0 Å². The van der Waals surface area contributed by atoms with Crippen LogP contribution in [0.1, 0.15) is 335 Å². The average Bonchev–Trinajstić information content (AvgIpc) is 3.69. The lowest BCUT2D eigenvalue weighted by atomic mass is 9.79. The van der Waals surface area contributed by atoms with E-state index in [0.29, 0.717) is 18.4 Å². The van der Waals surface area contributed by atoms with Gasteiger partial charge in [-0.3, -0.25) is 0 Å². The predicted molar refractivity (Wildman–Crippen MR) is 274 cm³/mol. The Bertz CT molecular complexity index is 889. The van der Waals surface area contributed by atoms with E-state index in [-0.39, 0.29) is 12.7 Å². The molecule has 370 valence electrons. The number of hydrogen-bond donors (Lipinski definition) is 1. The van der Waals surface area contributed by atoms with E-state index in [1.807, 2.05) is 0 Å². The Morgan fingerprint density at radius 3 is 0.871 bits per heavy atom. The van der Waals surface area contributed by atoms with Gasteiger partial charge in [0.1, 0.15) is 6.10 Å². The number of rotatable bonds is 2. The third kappa shape index (κ3) is 33.4. The molecule has 3 heteroatoms. The summed E-state index contributed by atoms with van der Waals surface area (Å²) in [6.07, 6.45) is 69.9. The second-order valence-electron chi connectivity index (χ2n) is 22.0. The van der Waals surface area contributed by atoms with Crippen molar-refractivity contribution in [3.8, 4) is 0 Å². The van der Waals surface area contributed by atoms with Gasteiger partial charge in [0.05, 0.1) is 13.2 Å². The molecule has 1 N–H and O–H groups in total. The minimum atomic E-state index is -0.497. The zero-order valence-electron chi connectivity index (χ0n) is 43.1. The molecule has 0 bridgehead atoms. The van der Waals surface area contributed by atoms with Crippen molar-refractivity contribution in [3.05, 3.63) is 0 Å². The summed E-state index contributed by atoms with van der Waals surface area (Å²) < 4.78 is 13.2. The van der Waals surface area contributed by atoms with Gasteiger partial charge < -0.3 is 14.6 Å². The molecular weight excluding hydrogens is 757 g/mol. The van der Waals surface area contributed by atoms with Gasteiger partial charge in [-0.1, -0.05) is 316 Å². The molecule has 0 radical (unpaired) electrons. The smallest absolute Gasteiger partial charge is 0.172 e. The van der Waals surface area contributed by atoms with Crippen LogP contribution >= 0.6 is 0 Å². The highest BCUT2D eigenvalue weighted by Gasteiger charge is 2.48. The van der Waals surface area contributed by atoms with Gasteiger partial charge in [0.25, 0.3) is 0 Å². The van der Waals surface area contributed by atoms with E-state index >= 15 is 0 Å². The van der Waals surface area contributed by atoms with Gasteiger partial charge in [0.2, 0.25) is 0 Å². The minimum absolute atomic E-state index is 0.0724. The normalized spacial score (nSPS) is 29.3. The van der Waals surface area contributed by atoms with Crippen molar-refractivity contribution in [2.24, 2.45) is 17.8 Å². The molecule has 0 aromatic rings. The Hall–Kier alpha value is -0.120. The fraction of sp³-hybridized carbons (Fsp3) is 1.00. The van der Waals surface area contributed by atoms with Crippen LogP contribution in [0.25, 0.3) is 0 Å². The summed E-state index contributed by atoms with van der Waals surface area (Å²) in [5.74, 6) is 1.19. The van der Waals surface area contributed by atoms with Gasteiger partial charge in [0, 0.05) is 12.3 Å². The lowest BCUT2D eigenvalue weighted by Crippen LogP contribution is -2.43. The highest BCUT2D eigenvalue weighted by Crippen LogP contribution is 2.43. The standard InChI is InChI=1S/C59H116O3/c1-55(2)58-51-50-56(3)49-47-45-43-41-39-37-35-33-31-29-27-25-23-21-19-17-15-13-11-9-7-5-4-6-8-10-12-14-16-18-20-22-24-26-28-30-32-34-36-38-40-42-44-46-48-52-59(58)61-54-57(53-60)62-59/h55-58,60H,4-54H2,1-3H3. The summed E-state index contributed by atoms with van der Waals surface area (Å²) in [6, 6.07) is 0.